The van der Waals surface area contributed by atoms with E-state index in [1.165, 1.54) is 15.8 Å². The van der Waals surface area contributed by atoms with Gasteiger partial charge < -0.3 is 15.5 Å². The van der Waals surface area contributed by atoms with Crippen LogP contribution < -0.4 is 5.73 Å². The summed E-state index contributed by atoms with van der Waals surface area (Å²) in [6, 6.07) is 9.94. The second kappa shape index (κ2) is 10.5. The van der Waals surface area contributed by atoms with Crippen LogP contribution in [-0.2, 0) is 17.8 Å². The Labute approximate surface area is 159 Å². The number of benzene rings is 1. The van der Waals surface area contributed by atoms with Gasteiger partial charge >= 0.3 is 0 Å². The van der Waals surface area contributed by atoms with Gasteiger partial charge in [-0.05, 0) is 12.0 Å². The van der Waals surface area contributed by atoms with Crippen molar-refractivity contribution in [2.45, 2.75) is 13.0 Å². The van der Waals surface area contributed by atoms with Gasteiger partial charge in [0, 0.05) is 33.7 Å². The fraction of sp³-hybridized carbons (Fsp3) is 0.412. The molecule has 0 unspecified atom stereocenters. The van der Waals surface area contributed by atoms with Crippen molar-refractivity contribution in [2.24, 2.45) is 5.73 Å². The van der Waals surface area contributed by atoms with E-state index in [0.717, 1.165) is 12.0 Å². The van der Waals surface area contributed by atoms with Gasteiger partial charge in [-0.1, -0.05) is 35.5 Å². The minimum atomic E-state index is -0.232. The zero-order chi connectivity index (χ0) is 18.2. The minimum Gasteiger partial charge on any atom is -0.347 e. The first-order valence-corrected chi connectivity index (χ1v) is 8.15. The van der Waals surface area contributed by atoms with Gasteiger partial charge in [0.1, 0.15) is 6.54 Å². The topological polar surface area (TPSA) is 97.4 Å². The Bertz CT molecular complexity index is 704. The Morgan fingerprint density at radius 1 is 1.15 bits per heavy atom. The third-order valence-corrected chi connectivity index (χ3v) is 3.75. The summed E-state index contributed by atoms with van der Waals surface area (Å²) in [4.78, 5) is 27.5. The molecule has 0 saturated heterocycles. The van der Waals surface area contributed by atoms with E-state index in [1.54, 1.807) is 19.0 Å². The van der Waals surface area contributed by atoms with Crippen molar-refractivity contribution in [1.29, 1.82) is 0 Å². The highest BCUT2D eigenvalue weighted by molar-refractivity contribution is 5.92. The molecule has 0 atom stereocenters. The lowest BCUT2D eigenvalue weighted by Gasteiger charge is -2.20. The first-order chi connectivity index (χ1) is 12.0. The van der Waals surface area contributed by atoms with E-state index >= 15 is 0 Å². The van der Waals surface area contributed by atoms with Crippen molar-refractivity contribution in [2.75, 3.05) is 33.7 Å². The number of carbonyl (C=O) groups is 2. The normalized spacial score (nSPS) is 10.1. The molecule has 0 bridgehead atoms. The van der Waals surface area contributed by atoms with Gasteiger partial charge in [-0.2, -0.15) is 0 Å². The first-order valence-electron chi connectivity index (χ1n) is 8.15. The average molecular weight is 381 g/mol. The summed E-state index contributed by atoms with van der Waals surface area (Å²) in [5.74, 6) is -0.350. The van der Waals surface area contributed by atoms with E-state index < -0.39 is 0 Å². The number of rotatable bonds is 8. The molecule has 2 rings (SSSR count). The van der Waals surface area contributed by atoms with E-state index in [4.69, 9.17) is 5.73 Å². The van der Waals surface area contributed by atoms with Crippen LogP contribution in [0, 0.1) is 0 Å². The van der Waals surface area contributed by atoms with Crippen LogP contribution in [0.15, 0.2) is 36.5 Å². The number of aromatic nitrogens is 3. The Hall–Kier alpha value is -2.45. The SMILES string of the molecule is CN(C)C(=O)Cn1cc(C(=O)N(CCN)CCc2ccccc2)nn1.Cl. The molecular formula is C17H25ClN6O2. The minimum absolute atomic E-state index is 0. The molecule has 0 radical (unpaired) electrons. The lowest BCUT2D eigenvalue weighted by Crippen LogP contribution is -2.37. The third-order valence-electron chi connectivity index (χ3n) is 3.75. The van der Waals surface area contributed by atoms with Gasteiger partial charge in [0.2, 0.25) is 5.91 Å². The number of carbonyl (C=O) groups excluding carboxylic acids is 2. The van der Waals surface area contributed by atoms with E-state index in [0.29, 0.717) is 19.6 Å². The Balaban J connectivity index is 0.00000338. The van der Waals surface area contributed by atoms with Crippen molar-refractivity contribution in [3.8, 4) is 0 Å². The molecule has 8 nitrogen and oxygen atoms in total. The number of hydrogen-bond acceptors (Lipinski definition) is 5. The van der Waals surface area contributed by atoms with Crippen LogP contribution in [0.2, 0.25) is 0 Å². The van der Waals surface area contributed by atoms with Gasteiger partial charge in [0.25, 0.3) is 5.91 Å². The van der Waals surface area contributed by atoms with Crippen LogP contribution in [0.1, 0.15) is 16.1 Å². The molecule has 9 heteroatoms. The number of nitrogens with zero attached hydrogens (tertiary/aromatic N) is 5. The fourth-order valence-electron chi connectivity index (χ4n) is 2.30. The van der Waals surface area contributed by atoms with E-state index in [1.807, 2.05) is 30.3 Å². The summed E-state index contributed by atoms with van der Waals surface area (Å²) in [6.07, 6.45) is 2.23. The fourth-order valence-corrected chi connectivity index (χ4v) is 2.30. The van der Waals surface area contributed by atoms with Crippen molar-refractivity contribution >= 4 is 24.2 Å². The standard InChI is InChI=1S/C17H24N6O2.ClH/c1-21(2)16(24)13-23-12-15(19-20-23)17(25)22(11-9-18)10-8-14-6-4-3-5-7-14;/h3-7,12H,8-11,13,18H2,1-2H3;1H. The Kier molecular flexibility index (Phi) is 8.74. The van der Waals surface area contributed by atoms with Crippen molar-refractivity contribution in [1.82, 2.24) is 24.8 Å². The van der Waals surface area contributed by atoms with Gasteiger partial charge in [0.15, 0.2) is 5.69 Å². The second-order valence-electron chi connectivity index (χ2n) is 5.91. The first kappa shape index (κ1) is 21.6. The molecule has 1 aromatic heterocycles. The highest BCUT2D eigenvalue weighted by Gasteiger charge is 2.19. The largest absolute Gasteiger partial charge is 0.347 e. The molecule has 0 aliphatic rings. The number of amides is 2. The quantitative estimate of drug-likeness (QED) is 0.716. The van der Waals surface area contributed by atoms with Gasteiger partial charge in [-0.15, -0.1) is 17.5 Å². The van der Waals surface area contributed by atoms with Gasteiger partial charge in [-0.3, -0.25) is 9.59 Å². The molecule has 1 heterocycles. The van der Waals surface area contributed by atoms with Crippen LogP contribution in [-0.4, -0.2) is 70.3 Å². The van der Waals surface area contributed by atoms with Crippen LogP contribution in [0.25, 0.3) is 0 Å². The average Bonchev–Trinajstić information content (AvgIpc) is 3.07. The Morgan fingerprint density at radius 3 is 2.46 bits per heavy atom. The highest BCUT2D eigenvalue weighted by Crippen LogP contribution is 2.05. The van der Waals surface area contributed by atoms with Crippen LogP contribution in [0.3, 0.4) is 0 Å². The maximum atomic E-state index is 12.6. The number of hydrogen-bond donors (Lipinski definition) is 1. The number of halogens is 1. The maximum absolute atomic E-state index is 12.6. The monoisotopic (exact) mass is 380 g/mol. The summed E-state index contributed by atoms with van der Waals surface area (Å²) >= 11 is 0. The van der Waals surface area contributed by atoms with Crippen molar-refractivity contribution in [3.05, 3.63) is 47.8 Å². The second-order valence-corrected chi connectivity index (χ2v) is 5.91. The third kappa shape index (κ3) is 6.12. The number of nitrogens with two attached hydrogens (primary N) is 1. The molecule has 2 N–H and O–H groups in total. The molecular weight excluding hydrogens is 356 g/mol. The summed E-state index contributed by atoms with van der Waals surface area (Å²) < 4.78 is 1.37. The summed E-state index contributed by atoms with van der Waals surface area (Å²) in [6.45, 7) is 1.40. The van der Waals surface area contributed by atoms with Crippen LogP contribution in [0.5, 0.6) is 0 Å². The molecule has 0 fully saturated rings. The lowest BCUT2D eigenvalue weighted by atomic mass is 10.1. The molecule has 2 aromatic rings. The summed E-state index contributed by atoms with van der Waals surface area (Å²) in [7, 11) is 3.33. The van der Waals surface area contributed by atoms with E-state index in [2.05, 4.69) is 10.3 Å². The lowest BCUT2D eigenvalue weighted by molar-refractivity contribution is -0.129. The molecule has 142 valence electrons. The zero-order valence-corrected chi connectivity index (χ0v) is 15.9. The Morgan fingerprint density at radius 2 is 1.85 bits per heavy atom. The highest BCUT2D eigenvalue weighted by atomic mass is 35.5. The van der Waals surface area contributed by atoms with Crippen molar-refractivity contribution in [3.63, 3.8) is 0 Å². The van der Waals surface area contributed by atoms with Gasteiger partial charge in [0.05, 0.1) is 6.20 Å². The smallest absolute Gasteiger partial charge is 0.276 e. The predicted molar refractivity (Wildman–Crippen MR) is 101 cm³/mol. The van der Waals surface area contributed by atoms with Crippen LogP contribution in [0.4, 0.5) is 0 Å². The maximum Gasteiger partial charge on any atom is 0.276 e. The summed E-state index contributed by atoms with van der Waals surface area (Å²) in [5, 5.41) is 7.76. The van der Waals surface area contributed by atoms with Crippen molar-refractivity contribution < 1.29 is 9.59 Å². The molecule has 0 saturated carbocycles. The molecule has 0 aliphatic heterocycles. The molecule has 0 spiro atoms. The van der Waals surface area contributed by atoms with E-state index in [-0.39, 0.29) is 36.5 Å². The molecule has 1 aromatic carbocycles. The van der Waals surface area contributed by atoms with Crippen LogP contribution >= 0.6 is 12.4 Å². The zero-order valence-electron chi connectivity index (χ0n) is 15.0. The molecule has 0 aliphatic carbocycles. The number of likely N-dealkylation sites (N-methyl/N-ethyl adjacent to an activating group) is 1. The summed E-state index contributed by atoms with van der Waals surface area (Å²) in [5.41, 5.74) is 7.00. The molecule has 2 amide bonds. The van der Waals surface area contributed by atoms with Gasteiger partial charge in [-0.25, -0.2) is 4.68 Å². The predicted octanol–water partition coefficient (Wildman–Crippen LogP) is 0.432. The molecule has 26 heavy (non-hydrogen) atoms. The van der Waals surface area contributed by atoms with E-state index in [9.17, 15) is 9.59 Å².